The van der Waals surface area contributed by atoms with E-state index in [1.807, 2.05) is 43.3 Å². The predicted octanol–water partition coefficient (Wildman–Crippen LogP) is 4.09. The summed E-state index contributed by atoms with van der Waals surface area (Å²) in [5.74, 6) is -0.143. The number of thioether (sulfide) groups is 1. The molecule has 4 rings (SSSR count). The van der Waals surface area contributed by atoms with E-state index in [-0.39, 0.29) is 5.91 Å². The SMILES string of the molecule is Cc1nc2ncccc2cc1-c1cccc(/C=C2\SC(=S)NC2=O)c1. The number of aryl methyl sites for hydroxylation is 1. The lowest BCUT2D eigenvalue weighted by molar-refractivity contribution is -0.115. The fraction of sp³-hybridized carbons (Fsp3) is 0.0526. The molecule has 1 saturated heterocycles. The highest BCUT2D eigenvalue weighted by Gasteiger charge is 2.21. The molecule has 1 fully saturated rings. The van der Waals surface area contributed by atoms with E-state index in [4.69, 9.17) is 12.2 Å². The van der Waals surface area contributed by atoms with Gasteiger partial charge < -0.3 is 5.32 Å². The summed E-state index contributed by atoms with van der Waals surface area (Å²) in [5, 5.41) is 3.64. The van der Waals surface area contributed by atoms with Gasteiger partial charge in [0, 0.05) is 22.8 Å². The van der Waals surface area contributed by atoms with Gasteiger partial charge >= 0.3 is 0 Å². The minimum absolute atomic E-state index is 0.143. The lowest BCUT2D eigenvalue weighted by Crippen LogP contribution is -2.17. The van der Waals surface area contributed by atoms with Crippen LogP contribution in [0.3, 0.4) is 0 Å². The van der Waals surface area contributed by atoms with Gasteiger partial charge in [-0.2, -0.15) is 0 Å². The van der Waals surface area contributed by atoms with Gasteiger partial charge in [-0.15, -0.1) is 0 Å². The number of carbonyl (C=O) groups excluding carboxylic acids is 1. The van der Waals surface area contributed by atoms with Crippen molar-refractivity contribution in [3.8, 4) is 11.1 Å². The Balaban J connectivity index is 1.77. The number of pyridine rings is 2. The third-order valence-electron chi connectivity index (χ3n) is 3.92. The van der Waals surface area contributed by atoms with Gasteiger partial charge in [-0.3, -0.25) is 4.79 Å². The second kappa shape index (κ2) is 6.38. The van der Waals surface area contributed by atoms with Crippen molar-refractivity contribution in [3.05, 3.63) is 64.8 Å². The van der Waals surface area contributed by atoms with E-state index in [2.05, 4.69) is 27.4 Å². The number of hydrogen-bond acceptors (Lipinski definition) is 5. The molecule has 1 aromatic carbocycles. The van der Waals surface area contributed by atoms with Crippen LogP contribution in [0.4, 0.5) is 0 Å². The van der Waals surface area contributed by atoms with Crippen LogP contribution in [0, 0.1) is 6.92 Å². The van der Waals surface area contributed by atoms with E-state index in [0.29, 0.717) is 9.23 Å². The molecule has 25 heavy (non-hydrogen) atoms. The van der Waals surface area contributed by atoms with Crippen LogP contribution in [0.25, 0.3) is 28.2 Å². The number of amides is 1. The standard InChI is InChI=1S/C19H13N3OS2/c1-11-15(10-14-6-3-7-20-17(14)21-11)13-5-2-4-12(8-13)9-16-18(23)22-19(24)25-16/h2-10H,1H3,(H,22,23,24)/b16-9-. The van der Waals surface area contributed by atoms with Gasteiger partial charge in [0.05, 0.1) is 4.91 Å². The Morgan fingerprint density at radius 3 is 2.88 bits per heavy atom. The maximum Gasteiger partial charge on any atom is 0.263 e. The Bertz CT molecular complexity index is 1060. The highest BCUT2D eigenvalue weighted by atomic mass is 32.2. The van der Waals surface area contributed by atoms with E-state index < -0.39 is 0 Å². The maximum atomic E-state index is 11.8. The van der Waals surface area contributed by atoms with Crippen LogP contribution in [0.2, 0.25) is 0 Å². The second-order valence-electron chi connectivity index (χ2n) is 5.65. The molecule has 1 N–H and O–H groups in total. The van der Waals surface area contributed by atoms with Gasteiger partial charge in [-0.25, -0.2) is 9.97 Å². The number of carbonyl (C=O) groups is 1. The molecule has 1 amide bonds. The molecule has 0 radical (unpaired) electrons. The Labute approximate surface area is 154 Å². The van der Waals surface area contributed by atoms with Crippen molar-refractivity contribution in [2.24, 2.45) is 0 Å². The summed E-state index contributed by atoms with van der Waals surface area (Å²) in [6, 6.07) is 14.0. The van der Waals surface area contributed by atoms with Crippen LogP contribution in [-0.4, -0.2) is 20.2 Å². The van der Waals surface area contributed by atoms with Gasteiger partial charge in [0.15, 0.2) is 5.65 Å². The van der Waals surface area contributed by atoms with Crippen molar-refractivity contribution < 1.29 is 4.79 Å². The first-order chi connectivity index (χ1) is 12.1. The molecule has 4 nitrogen and oxygen atoms in total. The third kappa shape index (κ3) is 3.18. The van der Waals surface area contributed by atoms with Gasteiger partial charge in [-0.05, 0) is 48.4 Å². The molecule has 0 saturated carbocycles. The number of thiocarbonyl (C=S) groups is 1. The maximum absolute atomic E-state index is 11.8. The average Bonchev–Trinajstić information content (AvgIpc) is 2.91. The van der Waals surface area contributed by atoms with E-state index in [1.165, 1.54) is 11.8 Å². The highest BCUT2D eigenvalue weighted by Crippen LogP contribution is 2.29. The molecule has 0 aliphatic carbocycles. The molecule has 1 aliphatic heterocycles. The zero-order chi connectivity index (χ0) is 17.4. The fourth-order valence-electron chi connectivity index (χ4n) is 2.76. The zero-order valence-corrected chi connectivity index (χ0v) is 14.9. The molecule has 6 heteroatoms. The highest BCUT2D eigenvalue weighted by molar-refractivity contribution is 8.26. The average molecular weight is 363 g/mol. The minimum Gasteiger partial charge on any atom is -0.307 e. The number of benzene rings is 1. The van der Waals surface area contributed by atoms with Crippen molar-refractivity contribution in [1.29, 1.82) is 0 Å². The molecular weight excluding hydrogens is 350 g/mol. The molecule has 3 heterocycles. The Hall–Kier alpha value is -2.57. The summed E-state index contributed by atoms with van der Waals surface area (Å²) in [7, 11) is 0. The van der Waals surface area contributed by atoms with E-state index in [1.54, 1.807) is 6.20 Å². The quantitative estimate of drug-likeness (QED) is 0.549. The van der Waals surface area contributed by atoms with Crippen LogP contribution in [0.15, 0.2) is 53.6 Å². The Morgan fingerprint density at radius 1 is 1.20 bits per heavy atom. The zero-order valence-electron chi connectivity index (χ0n) is 13.3. The molecular formula is C19H13N3OS2. The lowest BCUT2D eigenvalue weighted by atomic mass is 10.0. The summed E-state index contributed by atoms with van der Waals surface area (Å²) in [5.41, 5.74) is 4.72. The number of hydrogen-bond donors (Lipinski definition) is 1. The summed E-state index contributed by atoms with van der Waals surface area (Å²) in [6.07, 6.45) is 3.60. The van der Waals surface area contributed by atoms with E-state index >= 15 is 0 Å². The first kappa shape index (κ1) is 15.9. The van der Waals surface area contributed by atoms with E-state index in [9.17, 15) is 4.79 Å². The molecule has 122 valence electrons. The second-order valence-corrected chi connectivity index (χ2v) is 7.37. The predicted molar refractivity (Wildman–Crippen MR) is 106 cm³/mol. The number of nitrogens with zero attached hydrogens (tertiary/aromatic N) is 2. The first-order valence-corrected chi connectivity index (χ1v) is 8.90. The molecule has 0 unspecified atom stereocenters. The van der Waals surface area contributed by atoms with Crippen molar-refractivity contribution >= 4 is 51.3 Å². The Kier molecular flexibility index (Phi) is 4.07. The lowest BCUT2D eigenvalue weighted by Gasteiger charge is -2.08. The van der Waals surface area contributed by atoms with Gasteiger partial charge in [0.2, 0.25) is 0 Å². The molecule has 0 spiro atoms. The summed E-state index contributed by atoms with van der Waals surface area (Å²) >= 11 is 6.32. The summed E-state index contributed by atoms with van der Waals surface area (Å²) in [4.78, 5) is 21.3. The Morgan fingerprint density at radius 2 is 2.08 bits per heavy atom. The first-order valence-electron chi connectivity index (χ1n) is 7.68. The largest absolute Gasteiger partial charge is 0.307 e. The molecule has 1 aliphatic rings. The van der Waals surface area contributed by atoms with Crippen LogP contribution < -0.4 is 5.32 Å². The van der Waals surface area contributed by atoms with Crippen molar-refractivity contribution in [1.82, 2.24) is 15.3 Å². The minimum atomic E-state index is -0.143. The van der Waals surface area contributed by atoms with Crippen molar-refractivity contribution in [2.45, 2.75) is 6.92 Å². The van der Waals surface area contributed by atoms with Crippen LogP contribution in [-0.2, 0) is 4.79 Å². The molecule has 0 bridgehead atoms. The smallest absolute Gasteiger partial charge is 0.263 e. The summed E-state index contributed by atoms with van der Waals surface area (Å²) < 4.78 is 0.495. The van der Waals surface area contributed by atoms with Crippen LogP contribution in [0.1, 0.15) is 11.3 Å². The van der Waals surface area contributed by atoms with Crippen molar-refractivity contribution in [3.63, 3.8) is 0 Å². The van der Waals surface area contributed by atoms with Crippen LogP contribution in [0.5, 0.6) is 0 Å². The normalized spacial score (nSPS) is 15.8. The number of rotatable bonds is 2. The monoisotopic (exact) mass is 363 g/mol. The van der Waals surface area contributed by atoms with Gasteiger partial charge in [0.1, 0.15) is 4.32 Å². The molecule has 3 aromatic rings. The third-order valence-corrected chi connectivity index (χ3v) is 5.08. The number of aromatic nitrogens is 2. The molecule has 2 aromatic heterocycles. The van der Waals surface area contributed by atoms with Gasteiger partial charge in [0.25, 0.3) is 5.91 Å². The number of fused-ring (bicyclic) bond motifs is 1. The topological polar surface area (TPSA) is 54.9 Å². The fourth-order valence-corrected chi connectivity index (χ4v) is 3.80. The van der Waals surface area contributed by atoms with Crippen molar-refractivity contribution in [2.75, 3.05) is 0 Å². The van der Waals surface area contributed by atoms with Crippen LogP contribution >= 0.6 is 24.0 Å². The summed E-state index contributed by atoms with van der Waals surface area (Å²) in [6.45, 7) is 1.98. The van der Waals surface area contributed by atoms with Gasteiger partial charge in [-0.1, -0.05) is 42.2 Å². The number of nitrogens with one attached hydrogen (secondary N) is 1. The van der Waals surface area contributed by atoms with E-state index in [0.717, 1.165) is 33.4 Å². The molecule has 0 atom stereocenters.